The SMILES string of the molecule is CC(C)OC(=O)N1CC(S(C)(=O)=O)CC1C. The Morgan fingerprint density at radius 1 is 1.44 bits per heavy atom. The first-order valence-corrected chi connectivity index (χ1v) is 7.33. The molecule has 2 atom stereocenters. The maximum Gasteiger partial charge on any atom is 0.410 e. The molecule has 0 aromatic heterocycles. The quantitative estimate of drug-likeness (QED) is 0.733. The zero-order valence-corrected chi connectivity index (χ0v) is 11.0. The number of sulfone groups is 1. The van der Waals surface area contributed by atoms with Gasteiger partial charge >= 0.3 is 6.09 Å². The summed E-state index contributed by atoms with van der Waals surface area (Å²) in [4.78, 5) is 13.1. The lowest BCUT2D eigenvalue weighted by Gasteiger charge is -2.21. The van der Waals surface area contributed by atoms with Crippen molar-refractivity contribution in [2.45, 2.75) is 44.6 Å². The van der Waals surface area contributed by atoms with E-state index in [9.17, 15) is 13.2 Å². The van der Waals surface area contributed by atoms with Gasteiger partial charge in [0.15, 0.2) is 9.84 Å². The minimum absolute atomic E-state index is 0.0778. The van der Waals surface area contributed by atoms with E-state index in [0.717, 1.165) is 0 Å². The van der Waals surface area contributed by atoms with Gasteiger partial charge in [0.05, 0.1) is 11.4 Å². The van der Waals surface area contributed by atoms with E-state index in [0.29, 0.717) is 6.42 Å². The van der Waals surface area contributed by atoms with E-state index in [4.69, 9.17) is 4.74 Å². The van der Waals surface area contributed by atoms with Gasteiger partial charge in [-0.25, -0.2) is 13.2 Å². The minimum Gasteiger partial charge on any atom is -0.447 e. The molecule has 0 aliphatic carbocycles. The molecule has 0 N–H and O–H groups in total. The van der Waals surface area contributed by atoms with Crippen molar-refractivity contribution >= 4 is 15.9 Å². The molecule has 1 fully saturated rings. The monoisotopic (exact) mass is 249 g/mol. The highest BCUT2D eigenvalue weighted by Crippen LogP contribution is 2.23. The molecular formula is C10H19NO4S. The first kappa shape index (κ1) is 13.3. The molecule has 5 nitrogen and oxygen atoms in total. The summed E-state index contributed by atoms with van der Waals surface area (Å²) in [6, 6.07) is -0.0778. The number of likely N-dealkylation sites (tertiary alicyclic amines) is 1. The number of carbonyl (C=O) groups is 1. The van der Waals surface area contributed by atoms with Gasteiger partial charge in [0.1, 0.15) is 0 Å². The Kier molecular flexibility index (Phi) is 3.83. The van der Waals surface area contributed by atoms with Gasteiger partial charge < -0.3 is 9.64 Å². The molecule has 1 aliphatic heterocycles. The van der Waals surface area contributed by atoms with Crippen LogP contribution >= 0.6 is 0 Å². The van der Waals surface area contributed by atoms with E-state index in [1.54, 1.807) is 13.8 Å². The molecule has 0 aromatic carbocycles. The average Bonchev–Trinajstić information content (AvgIpc) is 2.44. The summed E-state index contributed by atoms with van der Waals surface area (Å²) >= 11 is 0. The van der Waals surface area contributed by atoms with Crippen molar-refractivity contribution in [1.29, 1.82) is 0 Å². The van der Waals surface area contributed by atoms with Crippen molar-refractivity contribution in [3.8, 4) is 0 Å². The van der Waals surface area contributed by atoms with Crippen LogP contribution in [0, 0.1) is 0 Å². The number of rotatable bonds is 2. The van der Waals surface area contributed by atoms with Gasteiger partial charge in [-0.2, -0.15) is 0 Å². The summed E-state index contributed by atoms with van der Waals surface area (Å²) in [5.41, 5.74) is 0. The Labute approximate surface area is 96.7 Å². The van der Waals surface area contributed by atoms with Crippen LogP contribution in [0.4, 0.5) is 4.79 Å². The van der Waals surface area contributed by atoms with Crippen molar-refractivity contribution in [1.82, 2.24) is 4.90 Å². The van der Waals surface area contributed by atoms with Crippen LogP contribution in [0.2, 0.25) is 0 Å². The van der Waals surface area contributed by atoms with Crippen LogP contribution in [-0.2, 0) is 14.6 Å². The van der Waals surface area contributed by atoms with E-state index in [2.05, 4.69) is 0 Å². The Morgan fingerprint density at radius 2 is 2.00 bits per heavy atom. The van der Waals surface area contributed by atoms with Gasteiger partial charge in [-0.15, -0.1) is 0 Å². The Morgan fingerprint density at radius 3 is 2.38 bits per heavy atom. The number of amides is 1. The van der Waals surface area contributed by atoms with Crippen LogP contribution in [0.3, 0.4) is 0 Å². The summed E-state index contributed by atoms with van der Waals surface area (Å²) in [6.45, 7) is 5.62. The van der Waals surface area contributed by atoms with E-state index in [-0.39, 0.29) is 18.7 Å². The second kappa shape index (κ2) is 4.61. The maximum absolute atomic E-state index is 11.6. The topological polar surface area (TPSA) is 63.7 Å². The van der Waals surface area contributed by atoms with Gasteiger partial charge in [0.25, 0.3) is 0 Å². The van der Waals surface area contributed by atoms with Gasteiger partial charge in [-0.05, 0) is 27.2 Å². The molecule has 1 rings (SSSR count). The third kappa shape index (κ3) is 3.10. The second-order valence-electron chi connectivity index (χ2n) is 4.62. The lowest BCUT2D eigenvalue weighted by molar-refractivity contribution is 0.0753. The van der Waals surface area contributed by atoms with E-state index in [1.807, 2.05) is 6.92 Å². The van der Waals surface area contributed by atoms with Crippen molar-refractivity contribution < 1.29 is 17.9 Å². The molecule has 16 heavy (non-hydrogen) atoms. The summed E-state index contributed by atoms with van der Waals surface area (Å²) in [6.07, 6.45) is 1.10. The molecule has 0 aromatic rings. The number of nitrogens with zero attached hydrogens (tertiary/aromatic N) is 1. The van der Waals surface area contributed by atoms with Gasteiger partial charge in [-0.3, -0.25) is 0 Å². The molecule has 0 bridgehead atoms. The standard InChI is InChI=1S/C10H19NO4S/c1-7(2)15-10(12)11-6-9(5-8(11)3)16(4,13)14/h7-9H,5-6H2,1-4H3. The van der Waals surface area contributed by atoms with Crippen LogP contribution in [0.15, 0.2) is 0 Å². The normalized spacial score (nSPS) is 26.2. The third-order valence-electron chi connectivity index (χ3n) is 2.71. The van der Waals surface area contributed by atoms with Crippen molar-refractivity contribution in [3.63, 3.8) is 0 Å². The molecule has 0 spiro atoms. The summed E-state index contributed by atoms with van der Waals surface area (Å²) in [7, 11) is -3.08. The molecule has 1 amide bonds. The molecule has 1 aliphatic rings. The lowest BCUT2D eigenvalue weighted by Crippen LogP contribution is -2.36. The summed E-state index contributed by atoms with van der Waals surface area (Å²) in [5.74, 6) is 0. The molecular weight excluding hydrogens is 230 g/mol. The van der Waals surface area contributed by atoms with Gasteiger partial charge in [0, 0.05) is 18.8 Å². The average molecular weight is 249 g/mol. The van der Waals surface area contributed by atoms with Crippen LogP contribution < -0.4 is 0 Å². The second-order valence-corrected chi connectivity index (χ2v) is 6.95. The summed E-state index contributed by atoms with van der Waals surface area (Å²) < 4.78 is 27.8. The molecule has 1 heterocycles. The van der Waals surface area contributed by atoms with Crippen LogP contribution in [0.5, 0.6) is 0 Å². The number of hydrogen-bond acceptors (Lipinski definition) is 4. The number of hydrogen-bond donors (Lipinski definition) is 0. The highest BCUT2D eigenvalue weighted by atomic mass is 32.2. The molecule has 2 unspecified atom stereocenters. The highest BCUT2D eigenvalue weighted by molar-refractivity contribution is 7.91. The molecule has 0 saturated carbocycles. The fraction of sp³-hybridized carbons (Fsp3) is 0.900. The largest absolute Gasteiger partial charge is 0.447 e. The van der Waals surface area contributed by atoms with Crippen LogP contribution in [-0.4, -0.2) is 49.6 Å². The number of carbonyl (C=O) groups excluding carboxylic acids is 1. The third-order valence-corrected chi connectivity index (χ3v) is 4.27. The molecule has 0 radical (unpaired) electrons. The van der Waals surface area contributed by atoms with Gasteiger partial charge in [-0.1, -0.05) is 0 Å². The number of ether oxygens (including phenoxy) is 1. The predicted octanol–water partition coefficient (Wildman–Crippen LogP) is 1.04. The fourth-order valence-electron chi connectivity index (χ4n) is 1.82. The van der Waals surface area contributed by atoms with Crippen LogP contribution in [0.25, 0.3) is 0 Å². The van der Waals surface area contributed by atoms with Crippen molar-refractivity contribution in [3.05, 3.63) is 0 Å². The first-order valence-electron chi connectivity index (χ1n) is 5.38. The van der Waals surface area contributed by atoms with Crippen LogP contribution in [0.1, 0.15) is 27.2 Å². The first-order chi connectivity index (χ1) is 7.21. The smallest absolute Gasteiger partial charge is 0.410 e. The lowest BCUT2D eigenvalue weighted by atomic mass is 10.2. The predicted molar refractivity (Wildman–Crippen MR) is 61.0 cm³/mol. The molecule has 6 heteroatoms. The zero-order valence-electron chi connectivity index (χ0n) is 10.1. The molecule has 1 saturated heterocycles. The van der Waals surface area contributed by atoms with E-state index >= 15 is 0 Å². The van der Waals surface area contributed by atoms with E-state index in [1.165, 1.54) is 11.2 Å². The summed E-state index contributed by atoms with van der Waals surface area (Å²) in [5, 5.41) is -0.456. The Bertz CT molecular complexity index is 363. The highest BCUT2D eigenvalue weighted by Gasteiger charge is 2.38. The molecule has 94 valence electrons. The van der Waals surface area contributed by atoms with E-state index < -0.39 is 21.2 Å². The van der Waals surface area contributed by atoms with Crippen molar-refractivity contribution in [2.75, 3.05) is 12.8 Å². The maximum atomic E-state index is 11.6. The zero-order chi connectivity index (χ0) is 12.5. The van der Waals surface area contributed by atoms with Gasteiger partial charge in [0.2, 0.25) is 0 Å². The Balaban J connectivity index is 2.68. The Hall–Kier alpha value is -0.780. The minimum atomic E-state index is -3.08. The fourth-order valence-corrected chi connectivity index (χ4v) is 2.88. The van der Waals surface area contributed by atoms with Crippen molar-refractivity contribution in [2.24, 2.45) is 0 Å².